The molecule has 0 amide bonds. The molecule has 6 rings (SSSR count). The third-order valence-corrected chi connectivity index (χ3v) is 14.4. The smallest absolute Gasteiger partial charge is 0.144 e. The number of nitrogens with zero attached hydrogens (tertiary/aromatic N) is 1. The Labute approximate surface area is 271 Å². The molecule has 0 saturated heterocycles. The lowest BCUT2D eigenvalue weighted by Gasteiger charge is -2.61. The molecule has 0 spiro atoms. The molecule has 6 aliphatic carbocycles. The quantitative estimate of drug-likeness (QED) is 0.239. The van der Waals surface area contributed by atoms with Crippen LogP contribution in [-0.2, 0) is 4.79 Å². The summed E-state index contributed by atoms with van der Waals surface area (Å²) in [6.45, 7) is 9.60. The van der Waals surface area contributed by atoms with Gasteiger partial charge >= 0.3 is 0 Å². The third-order valence-electron chi connectivity index (χ3n) is 14.4. The average Bonchev–Trinajstić information content (AvgIpc) is 2.99. The van der Waals surface area contributed by atoms with Crippen molar-refractivity contribution in [3.63, 3.8) is 0 Å². The van der Waals surface area contributed by atoms with Crippen LogP contribution in [0.5, 0.6) is 0 Å². The molecule has 0 heterocycles. The summed E-state index contributed by atoms with van der Waals surface area (Å²) in [6, 6.07) is 0. The van der Waals surface area contributed by atoms with Gasteiger partial charge in [-0.3, -0.25) is 4.79 Å². The van der Waals surface area contributed by atoms with Crippen molar-refractivity contribution in [1.29, 1.82) is 0 Å². The predicted octanol–water partition coefficient (Wildman–Crippen LogP) is 3.38. The number of ketones is 1. The van der Waals surface area contributed by atoms with E-state index in [4.69, 9.17) is 0 Å². The van der Waals surface area contributed by atoms with E-state index in [0.717, 1.165) is 24.7 Å². The van der Waals surface area contributed by atoms with Crippen LogP contribution in [0.2, 0.25) is 0 Å². The molecule has 0 aromatic heterocycles. The van der Waals surface area contributed by atoms with Crippen molar-refractivity contribution in [2.24, 2.45) is 65.1 Å². The second kappa shape index (κ2) is 13.7. The van der Waals surface area contributed by atoms with E-state index in [0.29, 0.717) is 30.6 Å². The molecule has 6 aliphatic rings. The molecule has 0 bridgehead atoms. The van der Waals surface area contributed by atoms with Gasteiger partial charge in [0.1, 0.15) is 11.4 Å². The van der Waals surface area contributed by atoms with Gasteiger partial charge in [0.2, 0.25) is 0 Å². The summed E-state index contributed by atoms with van der Waals surface area (Å²) in [5.74, 6) is -0.0324. The van der Waals surface area contributed by atoms with E-state index in [2.05, 4.69) is 18.7 Å². The van der Waals surface area contributed by atoms with E-state index >= 15 is 0 Å². The summed E-state index contributed by atoms with van der Waals surface area (Å²) in [7, 11) is 0. The maximum atomic E-state index is 14.4. The van der Waals surface area contributed by atoms with Crippen molar-refractivity contribution in [1.82, 2.24) is 4.90 Å². The van der Waals surface area contributed by atoms with E-state index in [1.54, 1.807) is 0 Å². The zero-order valence-corrected chi connectivity index (χ0v) is 28.1. The fourth-order valence-electron chi connectivity index (χ4n) is 12.7. The largest absolute Gasteiger partial charge is 0.393 e. The Balaban J connectivity index is 1.24. The Kier molecular flexibility index (Phi) is 10.4. The molecule has 0 aromatic carbocycles. The maximum absolute atomic E-state index is 14.4. The van der Waals surface area contributed by atoms with E-state index < -0.39 is 59.8 Å². The van der Waals surface area contributed by atoms with E-state index in [-0.39, 0.29) is 24.0 Å². The summed E-state index contributed by atoms with van der Waals surface area (Å²) in [5.41, 5.74) is -1.97. The first-order chi connectivity index (χ1) is 21.5. The molecule has 6 fully saturated rings. The molecule has 14 unspecified atom stereocenters. The summed E-state index contributed by atoms with van der Waals surface area (Å²) < 4.78 is 0. The van der Waals surface area contributed by atoms with Gasteiger partial charge in [-0.15, -0.1) is 0 Å². The Bertz CT molecular complexity index is 1020. The van der Waals surface area contributed by atoms with Crippen LogP contribution in [-0.4, -0.2) is 97.1 Å². The minimum Gasteiger partial charge on any atom is -0.393 e. The van der Waals surface area contributed by atoms with Crippen molar-refractivity contribution in [3.8, 4) is 0 Å². The lowest BCUT2D eigenvalue weighted by Crippen LogP contribution is -2.73. The van der Waals surface area contributed by atoms with Crippen LogP contribution in [0.4, 0.5) is 0 Å². The molecule has 258 valence electrons. The van der Waals surface area contributed by atoms with Crippen LogP contribution in [0.1, 0.15) is 104 Å². The molecule has 17 atom stereocenters. The fourth-order valence-corrected chi connectivity index (χ4v) is 12.7. The fraction of sp³-hybridized carbons (Fsp3) is 0.973. The molecule has 45 heavy (non-hydrogen) atoms. The Morgan fingerprint density at radius 1 is 0.756 bits per heavy atom. The summed E-state index contributed by atoms with van der Waals surface area (Å²) >= 11 is 0. The van der Waals surface area contributed by atoms with Crippen LogP contribution in [0.3, 0.4) is 0 Å². The van der Waals surface area contributed by atoms with Crippen LogP contribution in [0.15, 0.2) is 0 Å². The van der Waals surface area contributed by atoms with E-state index in [1.807, 2.05) is 0 Å². The highest BCUT2D eigenvalue weighted by molar-refractivity contribution is 5.86. The number of aliphatic hydroxyl groups excluding tert-OH is 5. The minimum absolute atomic E-state index is 0.0744. The minimum atomic E-state index is -1.97. The van der Waals surface area contributed by atoms with Crippen LogP contribution < -0.4 is 0 Å². The van der Waals surface area contributed by atoms with Crippen LogP contribution in [0, 0.1) is 65.1 Å². The number of carbonyl (C=O) groups excluding carboxylic acids is 1. The van der Waals surface area contributed by atoms with E-state index in [9.17, 15) is 35.4 Å². The standard InChI is InChI=1S/C37H63NO7/c1-4-14-38(15-5-2)19-21-10-11-26(25-9-7-6-8-24(21)25)27-12-13-29(40)33-28(27)17-22-16-23-18-30(41)31(20(3)39)35(43)37(23,45)36(44)32(22)34(33)42/h20-33,35-36,39-41,43-45H,4-19H2,1-3H3/t20?,21?,22-,23+,24?,25?,26?,27?,28?,29?,30?,31?,32?,33?,35?,36?,37-/m1/s1. The van der Waals surface area contributed by atoms with Gasteiger partial charge in [-0.2, -0.15) is 0 Å². The first-order valence-corrected chi connectivity index (χ1v) is 18.9. The highest BCUT2D eigenvalue weighted by atomic mass is 16.4. The van der Waals surface area contributed by atoms with Crippen molar-refractivity contribution >= 4 is 5.78 Å². The number of carbonyl (C=O) groups is 1. The van der Waals surface area contributed by atoms with Crippen molar-refractivity contribution < 1.29 is 35.4 Å². The summed E-state index contributed by atoms with van der Waals surface area (Å²) in [5, 5.41) is 67.4. The lowest BCUT2D eigenvalue weighted by atomic mass is 9.46. The van der Waals surface area contributed by atoms with Gasteiger partial charge in [0.15, 0.2) is 0 Å². The Morgan fingerprint density at radius 3 is 2.04 bits per heavy atom. The van der Waals surface area contributed by atoms with Crippen molar-refractivity contribution in [2.75, 3.05) is 19.6 Å². The maximum Gasteiger partial charge on any atom is 0.144 e. The summed E-state index contributed by atoms with van der Waals surface area (Å²) in [6.07, 6.45) is 7.15. The number of hydrogen-bond acceptors (Lipinski definition) is 8. The van der Waals surface area contributed by atoms with Gasteiger partial charge in [0, 0.05) is 24.3 Å². The molecule has 0 aromatic rings. The van der Waals surface area contributed by atoms with E-state index in [1.165, 1.54) is 77.9 Å². The Morgan fingerprint density at radius 2 is 1.38 bits per heavy atom. The molecule has 0 aliphatic heterocycles. The number of aliphatic hydroxyl groups is 6. The second-order valence-corrected chi connectivity index (χ2v) is 16.7. The molecule has 6 N–H and O–H groups in total. The third kappa shape index (κ3) is 5.88. The lowest BCUT2D eigenvalue weighted by molar-refractivity contribution is -0.276. The average molecular weight is 634 g/mol. The first kappa shape index (κ1) is 34.3. The van der Waals surface area contributed by atoms with Gasteiger partial charge in [0.25, 0.3) is 0 Å². The zero-order valence-electron chi connectivity index (χ0n) is 28.1. The SMILES string of the molecule is CCCN(CCC)CC1CCC(C2CCC(O)C3C(=O)C4C(O)[C@]5(O)C(O)C(C(C)O)C(O)C[C@@H]5C[C@@H]4CC23)C2CCCCC12. The highest BCUT2D eigenvalue weighted by Gasteiger charge is 2.67. The molecule has 8 heteroatoms. The molecular formula is C37H63NO7. The van der Waals surface area contributed by atoms with Crippen molar-refractivity contribution in [3.05, 3.63) is 0 Å². The highest BCUT2D eigenvalue weighted by Crippen LogP contribution is 2.60. The topological polar surface area (TPSA) is 142 Å². The monoisotopic (exact) mass is 633 g/mol. The second-order valence-electron chi connectivity index (χ2n) is 16.7. The normalized spacial score (nSPS) is 50.7. The Hall–Kier alpha value is -0.610. The number of hydrogen-bond donors (Lipinski definition) is 6. The van der Waals surface area contributed by atoms with Gasteiger partial charge in [-0.05, 0) is 138 Å². The molecule has 8 nitrogen and oxygen atoms in total. The van der Waals surface area contributed by atoms with Gasteiger partial charge in [0.05, 0.1) is 30.5 Å². The predicted molar refractivity (Wildman–Crippen MR) is 172 cm³/mol. The van der Waals surface area contributed by atoms with Gasteiger partial charge in [-0.1, -0.05) is 26.7 Å². The van der Waals surface area contributed by atoms with Crippen molar-refractivity contribution in [2.45, 2.75) is 140 Å². The van der Waals surface area contributed by atoms with Crippen LogP contribution >= 0.6 is 0 Å². The number of fused-ring (bicyclic) bond motifs is 4. The molecule has 6 saturated carbocycles. The number of rotatable bonds is 8. The summed E-state index contributed by atoms with van der Waals surface area (Å²) in [4.78, 5) is 17.1. The van der Waals surface area contributed by atoms with Gasteiger partial charge in [-0.25, -0.2) is 0 Å². The number of Topliss-reactive ketones (excluding diaryl/α,β-unsaturated/α-hetero) is 1. The zero-order chi connectivity index (χ0) is 32.2. The molecular weight excluding hydrogens is 570 g/mol. The van der Waals surface area contributed by atoms with Gasteiger partial charge < -0.3 is 35.5 Å². The first-order valence-electron chi connectivity index (χ1n) is 18.9. The molecule has 0 radical (unpaired) electrons. The van der Waals surface area contributed by atoms with Crippen LogP contribution in [0.25, 0.3) is 0 Å².